The van der Waals surface area contributed by atoms with E-state index in [1.165, 1.54) is 6.07 Å². The van der Waals surface area contributed by atoms with Gasteiger partial charge in [0.05, 0.1) is 5.02 Å². The first-order valence-corrected chi connectivity index (χ1v) is 4.42. The molecule has 0 aliphatic heterocycles. The predicted molar refractivity (Wildman–Crippen MR) is 54.6 cm³/mol. The SMILES string of the molecule is NC(N)=Nc1ccc(Br)c(Cl)c1F. The number of hydrogen-bond acceptors (Lipinski definition) is 1. The topological polar surface area (TPSA) is 64.4 Å². The van der Waals surface area contributed by atoms with Crippen LogP contribution in [-0.4, -0.2) is 5.96 Å². The highest BCUT2D eigenvalue weighted by atomic mass is 79.9. The van der Waals surface area contributed by atoms with Gasteiger partial charge in [0.25, 0.3) is 0 Å². The first-order chi connectivity index (χ1) is 6.02. The van der Waals surface area contributed by atoms with Crippen LogP contribution in [-0.2, 0) is 0 Å². The monoisotopic (exact) mass is 265 g/mol. The third-order valence-electron chi connectivity index (χ3n) is 1.26. The van der Waals surface area contributed by atoms with Crippen molar-refractivity contribution in [1.29, 1.82) is 0 Å². The highest BCUT2D eigenvalue weighted by Crippen LogP contribution is 2.31. The molecule has 0 aliphatic carbocycles. The maximum atomic E-state index is 13.2. The van der Waals surface area contributed by atoms with E-state index in [0.29, 0.717) is 4.47 Å². The Morgan fingerprint density at radius 2 is 2.08 bits per heavy atom. The molecule has 0 aromatic heterocycles. The minimum Gasteiger partial charge on any atom is -0.370 e. The van der Waals surface area contributed by atoms with E-state index in [0.717, 1.165) is 0 Å². The first-order valence-electron chi connectivity index (χ1n) is 3.25. The quantitative estimate of drug-likeness (QED) is 0.465. The zero-order chi connectivity index (χ0) is 10.0. The van der Waals surface area contributed by atoms with E-state index in [-0.39, 0.29) is 16.7 Å². The molecule has 0 bridgehead atoms. The number of guanidine groups is 1. The molecule has 0 unspecified atom stereocenters. The van der Waals surface area contributed by atoms with E-state index >= 15 is 0 Å². The lowest BCUT2D eigenvalue weighted by Gasteiger charge is -2.01. The van der Waals surface area contributed by atoms with Gasteiger partial charge in [-0.1, -0.05) is 11.6 Å². The van der Waals surface area contributed by atoms with Crippen LogP contribution in [0.1, 0.15) is 0 Å². The van der Waals surface area contributed by atoms with Gasteiger partial charge in [-0.2, -0.15) is 0 Å². The molecule has 1 aromatic rings. The summed E-state index contributed by atoms with van der Waals surface area (Å²) in [6.45, 7) is 0. The normalized spacial score (nSPS) is 9.77. The highest BCUT2D eigenvalue weighted by Gasteiger charge is 2.09. The summed E-state index contributed by atoms with van der Waals surface area (Å²) in [6, 6.07) is 2.98. The Morgan fingerprint density at radius 1 is 1.46 bits per heavy atom. The fraction of sp³-hybridized carbons (Fsp3) is 0. The molecule has 0 heterocycles. The largest absolute Gasteiger partial charge is 0.370 e. The molecule has 0 fully saturated rings. The summed E-state index contributed by atoms with van der Waals surface area (Å²) in [6.07, 6.45) is 0. The van der Waals surface area contributed by atoms with Crippen LogP contribution in [0.25, 0.3) is 0 Å². The Kier molecular flexibility index (Phi) is 3.11. The van der Waals surface area contributed by atoms with Gasteiger partial charge in [-0.15, -0.1) is 0 Å². The minimum atomic E-state index is -0.649. The van der Waals surface area contributed by atoms with Gasteiger partial charge in [0, 0.05) is 4.47 Å². The van der Waals surface area contributed by atoms with Crippen molar-refractivity contribution in [2.75, 3.05) is 0 Å². The second-order valence-electron chi connectivity index (χ2n) is 2.23. The molecule has 70 valence electrons. The summed E-state index contributed by atoms with van der Waals surface area (Å²) in [7, 11) is 0. The second kappa shape index (κ2) is 3.93. The molecule has 0 radical (unpaired) electrons. The van der Waals surface area contributed by atoms with Gasteiger partial charge in [-0.05, 0) is 28.1 Å². The van der Waals surface area contributed by atoms with Crippen molar-refractivity contribution in [2.45, 2.75) is 0 Å². The summed E-state index contributed by atoms with van der Waals surface area (Å²) in [5, 5.41) is -0.0394. The molecule has 1 rings (SSSR count). The van der Waals surface area contributed by atoms with Crippen LogP contribution in [0.2, 0.25) is 5.02 Å². The summed E-state index contributed by atoms with van der Waals surface area (Å²) < 4.78 is 13.7. The lowest BCUT2D eigenvalue weighted by atomic mass is 10.3. The molecule has 0 saturated carbocycles. The molecule has 6 heteroatoms. The number of rotatable bonds is 1. The fourth-order valence-electron chi connectivity index (χ4n) is 0.741. The third-order valence-corrected chi connectivity index (χ3v) is 2.52. The van der Waals surface area contributed by atoms with Crippen molar-refractivity contribution < 1.29 is 4.39 Å². The van der Waals surface area contributed by atoms with Crippen molar-refractivity contribution >= 4 is 39.2 Å². The number of aliphatic imine (C=N–C) groups is 1. The highest BCUT2D eigenvalue weighted by molar-refractivity contribution is 9.10. The van der Waals surface area contributed by atoms with Crippen LogP contribution in [0.3, 0.4) is 0 Å². The number of halogens is 3. The van der Waals surface area contributed by atoms with Gasteiger partial charge in [0.1, 0.15) is 5.69 Å². The van der Waals surface area contributed by atoms with E-state index in [4.69, 9.17) is 23.1 Å². The second-order valence-corrected chi connectivity index (χ2v) is 3.46. The van der Waals surface area contributed by atoms with E-state index in [1.54, 1.807) is 6.07 Å². The molecule has 0 aliphatic rings. The van der Waals surface area contributed by atoms with E-state index < -0.39 is 5.82 Å². The summed E-state index contributed by atoms with van der Waals surface area (Å²) >= 11 is 8.66. The van der Waals surface area contributed by atoms with Gasteiger partial charge in [0.15, 0.2) is 11.8 Å². The third kappa shape index (κ3) is 2.32. The maximum absolute atomic E-state index is 13.2. The zero-order valence-electron chi connectivity index (χ0n) is 6.39. The van der Waals surface area contributed by atoms with Crippen LogP contribution >= 0.6 is 27.5 Å². The van der Waals surface area contributed by atoms with Crippen molar-refractivity contribution in [3.8, 4) is 0 Å². The average Bonchev–Trinajstić information content (AvgIpc) is 2.06. The Bertz CT molecular complexity index is 363. The van der Waals surface area contributed by atoms with Gasteiger partial charge < -0.3 is 11.5 Å². The smallest absolute Gasteiger partial charge is 0.191 e. The standard InChI is InChI=1S/C7H6BrClFN3/c8-3-1-2-4(13-7(11)12)6(10)5(3)9/h1-2H,(H4,11,12,13). The molecule has 13 heavy (non-hydrogen) atoms. The zero-order valence-corrected chi connectivity index (χ0v) is 8.73. The molecule has 0 atom stereocenters. The van der Waals surface area contributed by atoms with Crippen molar-refractivity contribution in [2.24, 2.45) is 16.5 Å². The van der Waals surface area contributed by atoms with E-state index in [9.17, 15) is 4.39 Å². The molecule has 1 aromatic carbocycles. The van der Waals surface area contributed by atoms with Crippen LogP contribution in [0, 0.1) is 5.82 Å². The average molecular weight is 267 g/mol. The molecule has 0 saturated heterocycles. The lowest BCUT2D eigenvalue weighted by Crippen LogP contribution is -2.22. The van der Waals surface area contributed by atoms with Crippen LogP contribution < -0.4 is 11.5 Å². The molecule has 4 N–H and O–H groups in total. The maximum Gasteiger partial charge on any atom is 0.191 e. The summed E-state index contributed by atoms with van der Waals surface area (Å²) in [5.41, 5.74) is 10.2. The van der Waals surface area contributed by atoms with Crippen LogP contribution in [0.15, 0.2) is 21.6 Å². The number of benzene rings is 1. The van der Waals surface area contributed by atoms with Gasteiger partial charge in [0.2, 0.25) is 0 Å². The number of nitrogens with two attached hydrogens (primary N) is 2. The van der Waals surface area contributed by atoms with Gasteiger partial charge in [-0.25, -0.2) is 9.38 Å². The Morgan fingerprint density at radius 3 is 2.62 bits per heavy atom. The van der Waals surface area contributed by atoms with Crippen molar-refractivity contribution in [3.05, 3.63) is 27.4 Å². The van der Waals surface area contributed by atoms with Gasteiger partial charge in [-0.3, -0.25) is 0 Å². The van der Waals surface area contributed by atoms with Crippen LogP contribution in [0.4, 0.5) is 10.1 Å². The van der Waals surface area contributed by atoms with Gasteiger partial charge >= 0.3 is 0 Å². The Balaban J connectivity index is 3.26. The summed E-state index contributed by atoms with van der Waals surface area (Å²) in [4.78, 5) is 3.55. The number of hydrogen-bond donors (Lipinski definition) is 2. The molecule has 0 amide bonds. The molecule has 0 spiro atoms. The Hall–Kier alpha value is -0.810. The lowest BCUT2D eigenvalue weighted by molar-refractivity contribution is 0.629. The van der Waals surface area contributed by atoms with Crippen molar-refractivity contribution in [3.63, 3.8) is 0 Å². The Labute approximate surface area is 87.7 Å². The molecular weight excluding hydrogens is 260 g/mol. The molecule has 3 nitrogen and oxygen atoms in total. The number of nitrogens with zero attached hydrogens (tertiary/aromatic N) is 1. The predicted octanol–water partition coefficient (Wildman–Crippen LogP) is 2.15. The van der Waals surface area contributed by atoms with E-state index in [2.05, 4.69) is 20.9 Å². The van der Waals surface area contributed by atoms with Crippen LogP contribution in [0.5, 0.6) is 0 Å². The summed E-state index contributed by atoms with van der Waals surface area (Å²) in [5.74, 6) is -0.860. The van der Waals surface area contributed by atoms with Crippen molar-refractivity contribution in [1.82, 2.24) is 0 Å². The molecular formula is C7H6BrClFN3. The minimum absolute atomic E-state index is 0.0215. The fourth-order valence-corrected chi connectivity index (χ4v) is 1.21. The van der Waals surface area contributed by atoms with E-state index in [1.807, 2.05) is 0 Å². The first kappa shape index (κ1) is 10.3.